The van der Waals surface area contributed by atoms with Gasteiger partial charge in [-0.3, -0.25) is 10.1 Å². The van der Waals surface area contributed by atoms with Crippen LogP contribution in [0.25, 0.3) is 4.96 Å². The molecule has 0 saturated carbocycles. The number of nitrogens with zero attached hydrogens (tertiary/aromatic N) is 4. The lowest BCUT2D eigenvalue weighted by molar-refractivity contribution is -0.389. The number of hydrogen-bond donors (Lipinski definition) is 2. The summed E-state index contributed by atoms with van der Waals surface area (Å²) in [5.74, 6) is -0.284. The molecule has 23 heavy (non-hydrogen) atoms. The van der Waals surface area contributed by atoms with Crippen LogP contribution in [-0.4, -0.2) is 44.9 Å². The molecule has 2 aliphatic heterocycles. The summed E-state index contributed by atoms with van der Waals surface area (Å²) in [4.78, 5) is 41.1. The minimum atomic E-state index is -1.04. The first-order valence-electron chi connectivity index (χ1n) is 6.99. The fourth-order valence-electron chi connectivity index (χ4n) is 3.20. The highest BCUT2D eigenvalue weighted by atomic mass is 32.1. The lowest BCUT2D eigenvalue weighted by atomic mass is 9.89. The number of aromatic nitrogens is 2. The van der Waals surface area contributed by atoms with Gasteiger partial charge in [0.2, 0.25) is 5.82 Å². The highest BCUT2D eigenvalue weighted by Gasteiger charge is 2.49. The summed E-state index contributed by atoms with van der Waals surface area (Å²) in [5, 5.41) is 18.1. The van der Waals surface area contributed by atoms with Gasteiger partial charge < -0.3 is 20.3 Å². The number of rotatable bonds is 2. The Labute approximate surface area is 133 Å². The van der Waals surface area contributed by atoms with Gasteiger partial charge in [0.25, 0.3) is 10.9 Å². The van der Waals surface area contributed by atoms with Gasteiger partial charge in [0.15, 0.2) is 0 Å². The number of imide groups is 1. The Balaban J connectivity index is 1.75. The molecular weight excluding hydrogens is 324 g/mol. The fourth-order valence-corrected chi connectivity index (χ4v) is 3.90. The van der Waals surface area contributed by atoms with Crippen molar-refractivity contribution in [2.75, 3.05) is 18.0 Å². The number of carbonyl (C=O) groups is 2. The smallest absolute Gasteiger partial charge is 0.358 e. The van der Waals surface area contributed by atoms with E-state index < -0.39 is 22.4 Å². The van der Waals surface area contributed by atoms with E-state index in [1.165, 1.54) is 15.7 Å². The first kappa shape index (κ1) is 13.9. The van der Waals surface area contributed by atoms with Crippen LogP contribution in [0, 0.1) is 10.1 Å². The third kappa shape index (κ3) is 1.96. The molecule has 1 unspecified atom stereocenters. The molecule has 2 saturated heterocycles. The van der Waals surface area contributed by atoms with Crippen molar-refractivity contribution in [1.82, 2.24) is 20.0 Å². The van der Waals surface area contributed by atoms with Crippen molar-refractivity contribution in [3.8, 4) is 0 Å². The molecule has 2 aromatic heterocycles. The van der Waals surface area contributed by atoms with Gasteiger partial charge in [-0.2, -0.15) is 9.38 Å². The summed E-state index contributed by atoms with van der Waals surface area (Å²) in [6, 6.07) is -0.530. The third-order valence-corrected chi connectivity index (χ3v) is 4.96. The number of thiazole rings is 1. The van der Waals surface area contributed by atoms with E-state index in [0.717, 1.165) is 0 Å². The largest absolute Gasteiger partial charge is 0.373 e. The molecule has 4 heterocycles. The van der Waals surface area contributed by atoms with Gasteiger partial charge in [0, 0.05) is 11.9 Å². The number of fused-ring (bicyclic) bond motifs is 1. The van der Waals surface area contributed by atoms with E-state index in [4.69, 9.17) is 0 Å². The average Bonchev–Trinajstić information content (AvgIpc) is 3.12. The third-order valence-electron chi connectivity index (χ3n) is 4.20. The lowest BCUT2D eigenvalue weighted by Crippen LogP contribution is -2.58. The Hall–Kier alpha value is -2.69. The SMILES string of the molecule is O=C1NC(=O)C2(CCCN(c3nc4sccn4c3[N+](=O)[O-])C2)N1. The number of anilines is 1. The Bertz CT molecular complexity index is 844. The molecule has 4 rings (SSSR count). The Morgan fingerprint density at radius 3 is 2.96 bits per heavy atom. The molecule has 3 amide bonds. The molecule has 0 bridgehead atoms. The molecule has 2 aromatic rings. The van der Waals surface area contributed by atoms with Gasteiger partial charge >= 0.3 is 11.8 Å². The maximum atomic E-state index is 12.1. The quantitative estimate of drug-likeness (QED) is 0.467. The van der Waals surface area contributed by atoms with E-state index in [-0.39, 0.29) is 18.2 Å². The van der Waals surface area contributed by atoms with Crippen LogP contribution < -0.4 is 15.5 Å². The Morgan fingerprint density at radius 1 is 1.43 bits per heavy atom. The Morgan fingerprint density at radius 2 is 2.26 bits per heavy atom. The van der Waals surface area contributed by atoms with E-state index in [1.807, 2.05) is 0 Å². The number of carbonyl (C=O) groups excluding carboxylic acids is 2. The lowest BCUT2D eigenvalue weighted by Gasteiger charge is -2.37. The molecule has 11 heteroatoms. The van der Waals surface area contributed by atoms with E-state index >= 15 is 0 Å². The number of nitrogens with one attached hydrogen (secondary N) is 2. The molecule has 0 radical (unpaired) electrons. The second-order valence-corrected chi connectivity index (χ2v) is 6.46. The van der Waals surface area contributed by atoms with E-state index in [0.29, 0.717) is 24.3 Å². The molecule has 0 aliphatic carbocycles. The van der Waals surface area contributed by atoms with E-state index in [9.17, 15) is 19.7 Å². The molecule has 2 N–H and O–H groups in total. The number of imidazole rings is 1. The van der Waals surface area contributed by atoms with E-state index in [1.54, 1.807) is 16.5 Å². The van der Waals surface area contributed by atoms with Gasteiger partial charge in [0.1, 0.15) is 11.7 Å². The van der Waals surface area contributed by atoms with Crippen molar-refractivity contribution in [1.29, 1.82) is 0 Å². The first-order valence-corrected chi connectivity index (χ1v) is 7.87. The van der Waals surface area contributed by atoms with Crippen molar-refractivity contribution in [2.24, 2.45) is 0 Å². The number of nitro groups is 1. The van der Waals surface area contributed by atoms with Gasteiger partial charge in [-0.15, -0.1) is 0 Å². The topological polar surface area (TPSA) is 122 Å². The highest BCUT2D eigenvalue weighted by Crippen LogP contribution is 2.35. The second-order valence-electron chi connectivity index (χ2n) is 5.59. The number of amides is 3. The molecule has 1 spiro atoms. The first-order chi connectivity index (χ1) is 11.0. The van der Waals surface area contributed by atoms with E-state index in [2.05, 4.69) is 15.6 Å². The van der Waals surface area contributed by atoms with Crippen LogP contribution in [0.1, 0.15) is 12.8 Å². The average molecular weight is 336 g/mol. The van der Waals surface area contributed by atoms with Gasteiger partial charge in [0.05, 0.1) is 6.54 Å². The Kier molecular flexibility index (Phi) is 2.82. The van der Waals surface area contributed by atoms with Crippen molar-refractivity contribution in [3.63, 3.8) is 0 Å². The van der Waals surface area contributed by atoms with Crippen LogP contribution in [0.15, 0.2) is 11.6 Å². The molecule has 0 aromatic carbocycles. The van der Waals surface area contributed by atoms with Crippen LogP contribution in [0.3, 0.4) is 0 Å². The zero-order valence-corrected chi connectivity index (χ0v) is 12.6. The minimum absolute atomic E-state index is 0.122. The summed E-state index contributed by atoms with van der Waals surface area (Å²) in [6.07, 6.45) is 2.71. The van der Waals surface area contributed by atoms with Crippen molar-refractivity contribution in [3.05, 3.63) is 21.7 Å². The predicted molar refractivity (Wildman–Crippen MR) is 80.6 cm³/mol. The molecule has 10 nitrogen and oxygen atoms in total. The molecule has 1 atom stereocenters. The zero-order valence-electron chi connectivity index (χ0n) is 11.8. The fraction of sp³-hybridized carbons (Fsp3) is 0.417. The van der Waals surface area contributed by atoms with Crippen molar-refractivity contribution in [2.45, 2.75) is 18.4 Å². The summed E-state index contributed by atoms with van der Waals surface area (Å²) in [5.41, 5.74) is -1.04. The molecule has 120 valence electrons. The number of urea groups is 1. The monoisotopic (exact) mass is 336 g/mol. The van der Waals surface area contributed by atoms with Crippen LogP contribution in [-0.2, 0) is 4.79 Å². The van der Waals surface area contributed by atoms with Crippen LogP contribution in [0.5, 0.6) is 0 Å². The van der Waals surface area contributed by atoms with Gasteiger partial charge in [-0.1, -0.05) is 11.3 Å². The summed E-state index contributed by atoms with van der Waals surface area (Å²) >= 11 is 1.30. The van der Waals surface area contributed by atoms with Crippen molar-refractivity contribution >= 4 is 39.9 Å². The summed E-state index contributed by atoms with van der Waals surface area (Å²) in [6.45, 7) is 0.701. The van der Waals surface area contributed by atoms with Crippen LogP contribution in [0.4, 0.5) is 16.4 Å². The maximum Gasteiger partial charge on any atom is 0.373 e. The summed E-state index contributed by atoms with van der Waals surface area (Å²) in [7, 11) is 0. The maximum absolute atomic E-state index is 12.1. The summed E-state index contributed by atoms with van der Waals surface area (Å²) < 4.78 is 1.43. The predicted octanol–water partition coefficient (Wildman–Crippen LogP) is 0.482. The number of piperidine rings is 1. The molecule has 2 aliphatic rings. The zero-order chi connectivity index (χ0) is 16.2. The standard InChI is InChI=1S/C12H12N6O4S/c19-9-12(15-10(20)14-9)2-1-3-16(6-12)7-8(18(21)22)17-4-5-23-11(17)13-7/h4-5H,1-3,6H2,(H2,14,15,19,20). The van der Waals surface area contributed by atoms with Crippen LogP contribution in [0.2, 0.25) is 0 Å². The molecule has 2 fully saturated rings. The normalized spacial score (nSPS) is 24.3. The van der Waals surface area contributed by atoms with Crippen LogP contribution >= 0.6 is 11.3 Å². The van der Waals surface area contributed by atoms with Crippen molar-refractivity contribution < 1.29 is 14.5 Å². The molecular formula is C12H12N6O4S. The highest BCUT2D eigenvalue weighted by molar-refractivity contribution is 7.15. The minimum Gasteiger partial charge on any atom is -0.358 e. The van der Waals surface area contributed by atoms with Gasteiger partial charge in [-0.05, 0) is 17.8 Å². The van der Waals surface area contributed by atoms with Gasteiger partial charge in [-0.25, -0.2) is 4.79 Å². The second kappa shape index (κ2) is 4.65. The number of hydrogen-bond acceptors (Lipinski definition) is 7.